The van der Waals surface area contributed by atoms with Gasteiger partial charge in [-0.1, -0.05) is 6.92 Å². The molecule has 2 N–H and O–H groups in total. The monoisotopic (exact) mass is 233 g/mol. The fraction of sp³-hybridized carbons (Fsp3) is 0.667. The average molecular weight is 233 g/mol. The van der Waals surface area contributed by atoms with E-state index in [1.807, 2.05) is 0 Å². The lowest BCUT2D eigenvalue weighted by molar-refractivity contribution is -0.148. The van der Waals surface area contributed by atoms with Crippen molar-refractivity contribution in [2.45, 2.75) is 32.2 Å². The lowest BCUT2D eigenvalue weighted by atomic mass is 9.94. The summed E-state index contributed by atoms with van der Waals surface area (Å²) in [5.41, 5.74) is -1.58. The number of thiol groups is 1. The zero-order valence-corrected chi connectivity index (χ0v) is 9.63. The Morgan fingerprint density at radius 3 is 2.20 bits per heavy atom. The van der Waals surface area contributed by atoms with E-state index >= 15 is 0 Å². The van der Waals surface area contributed by atoms with Gasteiger partial charge in [-0.3, -0.25) is 9.59 Å². The van der Waals surface area contributed by atoms with Gasteiger partial charge < -0.3 is 10.4 Å². The molecule has 0 spiro atoms. The molecule has 15 heavy (non-hydrogen) atoms. The van der Waals surface area contributed by atoms with Crippen molar-refractivity contribution >= 4 is 30.3 Å². The first kappa shape index (κ1) is 14.0. The van der Waals surface area contributed by atoms with Crippen LogP contribution in [0.25, 0.3) is 0 Å². The summed E-state index contributed by atoms with van der Waals surface area (Å²) in [4.78, 5) is 33.1. The number of carboxylic acids is 1. The molecule has 0 rings (SSSR count). The van der Waals surface area contributed by atoms with Crippen LogP contribution in [0.1, 0.15) is 26.7 Å². The zero-order chi connectivity index (χ0) is 12.1. The molecule has 0 aromatic carbocycles. The highest BCUT2D eigenvalue weighted by Crippen LogP contribution is 2.15. The molecule has 0 unspecified atom stereocenters. The van der Waals surface area contributed by atoms with E-state index in [4.69, 9.17) is 5.11 Å². The Kier molecular flexibility index (Phi) is 5.35. The van der Waals surface area contributed by atoms with Crippen LogP contribution in [0.5, 0.6) is 0 Å². The number of hydrogen-bond donors (Lipinski definition) is 3. The predicted octanol–water partition coefficient (Wildman–Crippen LogP) is 0.245. The molecule has 0 aliphatic rings. The van der Waals surface area contributed by atoms with Gasteiger partial charge in [-0.15, -0.1) is 0 Å². The Hall–Kier alpha value is -1.04. The molecule has 0 fully saturated rings. The summed E-state index contributed by atoms with van der Waals surface area (Å²) in [6, 6.07) is 0. The van der Waals surface area contributed by atoms with Crippen molar-refractivity contribution < 1.29 is 19.5 Å². The molecule has 1 amide bonds. The minimum Gasteiger partial charge on any atom is -0.479 e. The number of carboxylic acid groups (broad SMARTS) is 1. The van der Waals surface area contributed by atoms with Crippen molar-refractivity contribution in [3.05, 3.63) is 0 Å². The fourth-order valence-electron chi connectivity index (χ4n) is 1.13. The summed E-state index contributed by atoms with van der Waals surface area (Å²) in [5, 5.41) is 11.3. The third-order valence-corrected chi connectivity index (χ3v) is 2.53. The second kappa shape index (κ2) is 5.75. The van der Waals surface area contributed by atoms with Crippen LogP contribution in [0.4, 0.5) is 0 Å². The van der Waals surface area contributed by atoms with Crippen LogP contribution < -0.4 is 5.32 Å². The molecule has 0 aromatic rings. The molecule has 0 bridgehead atoms. The number of carbonyl (C=O) groups is 3. The minimum atomic E-state index is -1.58. The maximum atomic E-state index is 11.2. The Balaban J connectivity index is 4.89. The minimum absolute atomic E-state index is 0.117. The molecule has 0 heterocycles. The number of aliphatic carboxylic acids is 1. The zero-order valence-electron chi connectivity index (χ0n) is 8.74. The summed E-state index contributed by atoms with van der Waals surface area (Å²) in [7, 11) is 0. The molecular formula is C9H15NO4S. The summed E-state index contributed by atoms with van der Waals surface area (Å²) < 4.78 is 0. The maximum Gasteiger partial charge on any atom is 0.330 e. The van der Waals surface area contributed by atoms with E-state index in [0.29, 0.717) is 0 Å². The molecule has 1 atom stereocenters. The lowest BCUT2D eigenvalue weighted by Crippen LogP contribution is -2.56. The third kappa shape index (κ3) is 3.91. The van der Waals surface area contributed by atoms with Crippen LogP contribution in [0.3, 0.4) is 0 Å². The summed E-state index contributed by atoms with van der Waals surface area (Å²) in [6.07, 6.45) is 0.00427. The quantitative estimate of drug-likeness (QED) is 0.574. The van der Waals surface area contributed by atoms with E-state index in [9.17, 15) is 14.4 Å². The van der Waals surface area contributed by atoms with Crippen molar-refractivity contribution in [3.63, 3.8) is 0 Å². The third-order valence-electron chi connectivity index (χ3n) is 1.99. The van der Waals surface area contributed by atoms with Gasteiger partial charge in [-0.2, -0.15) is 12.6 Å². The Morgan fingerprint density at radius 2 is 1.93 bits per heavy atom. The van der Waals surface area contributed by atoms with E-state index in [1.54, 1.807) is 6.92 Å². The van der Waals surface area contributed by atoms with Crippen LogP contribution >= 0.6 is 12.6 Å². The average Bonchev–Trinajstić information content (AvgIpc) is 2.15. The first-order valence-electron chi connectivity index (χ1n) is 4.52. The second-order valence-electron chi connectivity index (χ2n) is 3.30. The molecule has 0 saturated carbocycles. The number of amides is 1. The number of Topliss-reactive ketones (excluding diaryl/α,β-unsaturated/α-hetero) is 1. The van der Waals surface area contributed by atoms with Gasteiger partial charge in [-0.05, 0) is 0 Å². The summed E-state index contributed by atoms with van der Waals surface area (Å²) >= 11 is 3.88. The summed E-state index contributed by atoms with van der Waals surface area (Å²) in [6.45, 7) is 2.85. The molecular weight excluding hydrogens is 218 g/mol. The van der Waals surface area contributed by atoms with Gasteiger partial charge >= 0.3 is 5.97 Å². The first-order chi connectivity index (χ1) is 6.88. The Bertz CT molecular complexity index is 279. The largest absolute Gasteiger partial charge is 0.479 e. The van der Waals surface area contributed by atoms with Crippen LogP contribution in [-0.2, 0) is 14.4 Å². The van der Waals surface area contributed by atoms with E-state index < -0.39 is 17.4 Å². The highest BCUT2D eigenvalue weighted by molar-refractivity contribution is 7.80. The SMILES string of the molecule is CCC(=O)C[C@@](CS)(NC(C)=O)C(=O)O. The summed E-state index contributed by atoms with van der Waals surface area (Å²) in [5.74, 6) is -2.07. The predicted molar refractivity (Wildman–Crippen MR) is 58.0 cm³/mol. The van der Waals surface area contributed by atoms with Crippen LogP contribution in [0, 0.1) is 0 Å². The number of rotatable bonds is 6. The topological polar surface area (TPSA) is 83.5 Å². The number of ketones is 1. The van der Waals surface area contributed by atoms with Gasteiger partial charge in [0.25, 0.3) is 0 Å². The molecule has 86 valence electrons. The number of carbonyl (C=O) groups excluding carboxylic acids is 2. The second-order valence-corrected chi connectivity index (χ2v) is 3.61. The Labute approximate surface area is 93.6 Å². The molecule has 5 nitrogen and oxygen atoms in total. The highest BCUT2D eigenvalue weighted by atomic mass is 32.1. The first-order valence-corrected chi connectivity index (χ1v) is 5.16. The Morgan fingerprint density at radius 1 is 1.40 bits per heavy atom. The van der Waals surface area contributed by atoms with Crippen molar-refractivity contribution in [1.82, 2.24) is 5.32 Å². The van der Waals surface area contributed by atoms with Crippen LogP contribution in [0.15, 0.2) is 0 Å². The maximum absolute atomic E-state index is 11.2. The molecule has 0 aliphatic heterocycles. The van der Waals surface area contributed by atoms with Crippen molar-refractivity contribution in [1.29, 1.82) is 0 Å². The van der Waals surface area contributed by atoms with E-state index in [1.165, 1.54) is 6.92 Å². The molecule has 0 saturated heterocycles. The van der Waals surface area contributed by atoms with Crippen LogP contribution in [0.2, 0.25) is 0 Å². The smallest absolute Gasteiger partial charge is 0.330 e. The molecule has 0 aliphatic carbocycles. The van der Waals surface area contributed by atoms with Crippen molar-refractivity contribution in [2.75, 3.05) is 5.75 Å². The van der Waals surface area contributed by atoms with E-state index in [0.717, 1.165) is 0 Å². The molecule has 6 heteroatoms. The van der Waals surface area contributed by atoms with Gasteiger partial charge in [0.05, 0.1) is 0 Å². The standard InChI is InChI=1S/C9H15NO4S/c1-3-7(12)4-9(5-15,8(13)14)10-6(2)11/h15H,3-5H2,1-2H3,(H,10,11)(H,13,14)/t9-/m0/s1. The molecule has 0 radical (unpaired) electrons. The van der Waals surface area contributed by atoms with Crippen LogP contribution in [-0.4, -0.2) is 34.1 Å². The fourth-order valence-corrected chi connectivity index (χ4v) is 1.46. The normalized spacial score (nSPS) is 14.1. The van der Waals surface area contributed by atoms with Gasteiger partial charge in [0.1, 0.15) is 5.78 Å². The van der Waals surface area contributed by atoms with Crippen molar-refractivity contribution in [2.24, 2.45) is 0 Å². The molecule has 0 aromatic heterocycles. The van der Waals surface area contributed by atoms with Crippen molar-refractivity contribution in [3.8, 4) is 0 Å². The lowest BCUT2D eigenvalue weighted by Gasteiger charge is -2.27. The number of hydrogen-bond acceptors (Lipinski definition) is 4. The van der Waals surface area contributed by atoms with Gasteiger partial charge in [0.15, 0.2) is 5.54 Å². The van der Waals surface area contributed by atoms with Gasteiger partial charge in [-0.25, -0.2) is 4.79 Å². The highest BCUT2D eigenvalue weighted by Gasteiger charge is 2.39. The van der Waals surface area contributed by atoms with Gasteiger partial charge in [0, 0.05) is 25.5 Å². The van der Waals surface area contributed by atoms with E-state index in [-0.39, 0.29) is 24.4 Å². The van der Waals surface area contributed by atoms with E-state index in [2.05, 4.69) is 17.9 Å². The van der Waals surface area contributed by atoms with Gasteiger partial charge in [0.2, 0.25) is 5.91 Å². The number of nitrogens with one attached hydrogen (secondary N) is 1.